The van der Waals surface area contributed by atoms with Gasteiger partial charge in [-0.15, -0.1) is 0 Å². The minimum absolute atomic E-state index is 0.179. The molecule has 32 heavy (non-hydrogen) atoms. The molecule has 1 aliphatic rings. The van der Waals surface area contributed by atoms with E-state index in [-0.39, 0.29) is 24.7 Å². The van der Waals surface area contributed by atoms with Gasteiger partial charge in [-0.05, 0) is 37.0 Å². The lowest BCUT2D eigenvalue weighted by Crippen LogP contribution is -2.57. The van der Waals surface area contributed by atoms with Crippen molar-refractivity contribution in [2.75, 3.05) is 5.75 Å². The molecule has 1 fully saturated rings. The number of carbonyl (C=O) groups is 4. The van der Waals surface area contributed by atoms with Crippen LogP contribution in [-0.4, -0.2) is 64.9 Å². The van der Waals surface area contributed by atoms with Crippen LogP contribution in [0.15, 0.2) is 12.2 Å². The summed E-state index contributed by atoms with van der Waals surface area (Å²) in [4.78, 5) is 50.5. The smallest absolute Gasteiger partial charge is 0.309 e. The molecule has 4 N–H and O–H groups in total. The van der Waals surface area contributed by atoms with Crippen LogP contribution in [0.3, 0.4) is 0 Å². The first-order valence-electron chi connectivity index (χ1n) is 11.0. The predicted octanol–water partition coefficient (Wildman–Crippen LogP) is 0.715. The Balaban J connectivity index is 3.23. The van der Waals surface area contributed by atoms with Gasteiger partial charge in [0.2, 0.25) is 17.7 Å². The zero-order valence-electron chi connectivity index (χ0n) is 19.5. The first-order chi connectivity index (χ1) is 15.0. The summed E-state index contributed by atoms with van der Waals surface area (Å²) in [6.45, 7) is 8.68. The zero-order chi connectivity index (χ0) is 24.4. The van der Waals surface area contributed by atoms with E-state index in [4.69, 9.17) is 4.74 Å². The average molecular weight is 472 g/mol. The largest absolute Gasteiger partial charge is 0.457 e. The molecule has 0 bridgehead atoms. The summed E-state index contributed by atoms with van der Waals surface area (Å²) in [7, 11) is 0. The molecule has 1 heterocycles. The van der Waals surface area contributed by atoms with Crippen LogP contribution < -0.4 is 16.0 Å². The first kappa shape index (κ1) is 28.0. The van der Waals surface area contributed by atoms with Gasteiger partial charge in [-0.1, -0.05) is 33.8 Å². The summed E-state index contributed by atoms with van der Waals surface area (Å²) in [5, 5.41) is 18.6. The number of amides is 3. The van der Waals surface area contributed by atoms with Crippen molar-refractivity contribution in [1.29, 1.82) is 0 Å². The van der Waals surface area contributed by atoms with E-state index in [9.17, 15) is 24.3 Å². The highest BCUT2D eigenvalue weighted by Crippen LogP contribution is 2.14. The van der Waals surface area contributed by atoms with Gasteiger partial charge in [-0.2, -0.15) is 12.6 Å². The molecule has 182 valence electrons. The van der Waals surface area contributed by atoms with Crippen molar-refractivity contribution in [3.05, 3.63) is 12.2 Å². The maximum atomic E-state index is 12.8. The van der Waals surface area contributed by atoms with Gasteiger partial charge < -0.3 is 25.8 Å². The van der Waals surface area contributed by atoms with Gasteiger partial charge in [0.1, 0.15) is 18.2 Å². The molecule has 0 saturated carbocycles. The van der Waals surface area contributed by atoms with Crippen molar-refractivity contribution in [1.82, 2.24) is 16.0 Å². The lowest BCUT2D eigenvalue weighted by atomic mass is 9.96. The SMILES string of the molecule is CC(C)[C@H]1NC(=O)[C@@H](C)NC(=O)[C@@H](C(C)C)NC(=O)C[C@@H](C=CCCS)OC(=O)C[C@@H]1O. The van der Waals surface area contributed by atoms with E-state index in [0.717, 1.165) is 0 Å². The lowest BCUT2D eigenvalue weighted by molar-refractivity contribution is -0.151. The van der Waals surface area contributed by atoms with Crippen LogP contribution >= 0.6 is 12.6 Å². The van der Waals surface area contributed by atoms with E-state index in [1.54, 1.807) is 39.8 Å². The van der Waals surface area contributed by atoms with E-state index in [1.165, 1.54) is 6.92 Å². The van der Waals surface area contributed by atoms with Crippen molar-refractivity contribution in [2.45, 2.75) is 84.2 Å². The fraction of sp³-hybridized carbons (Fsp3) is 0.727. The number of hydrogen-bond acceptors (Lipinski definition) is 7. The summed E-state index contributed by atoms with van der Waals surface area (Å²) >= 11 is 4.13. The second kappa shape index (κ2) is 13.5. The molecule has 0 aromatic rings. The molecule has 3 amide bonds. The number of ether oxygens (including phenoxy) is 1. The first-order valence-corrected chi connectivity index (χ1v) is 11.6. The molecule has 1 saturated heterocycles. The van der Waals surface area contributed by atoms with Crippen LogP contribution in [0, 0.1) is 11.8 Å². The van der Waals surface area contributed by atoms with Crippen molar-refractivity contribution in [2.24, 2.45) is 11.8 Å². The third-order valence-electron chi connectivity index (χ3n) is 5.15. The van der Waals surface area contributed by atoms with E-state index in [0.29, 0.717) is 12.2 Å². The third-order valence-corrected chi connectivity index (χ3v) is 5.41. The average Bonchev–Trinajstić information content (AvgIpc) is 2.68. The molecule has 1 rings (SSSR count). The van der Waals surface area contributed by atoms with Crippen LogP contribution in [0.25, 0.3) is 0 Å². The van der Waals surface area contributed by atoms with Gasteiger partial charge in [-0.25, -0.2) is 0 Å². The van der Waals surface area contributed by atoms with Crippen molar-refractivity contribution >= 4 is 36.3 Å². The molecule has 5 atom stereocenters. The fourth-order valence-corrected chi connectivity index (χ4v) is 3.45. The minimum atomic E-state index is -1.20. The fourth-order valence-electron chi connectivity index (χ4n) is 3.30. The summed E-state index contributed by atoms with van der Waals surface area (Å²) in [6, 6.07) is -2.49. The molecule has 1 aliphatic heterocycles. The number of esters is 1. The molecule has 10 heteroatoms. The summed E-state index contributed by atoms with van der Waals surface area (Å²) < 4.78 is 5.43. The van der Waals surface area contributed by atoms with Crippen molar-refractivity contribution < 1.29 is 29.0 Å². The molecule has 0 radical (unpaired) electrons. The summed E-state index contributed by atoms with van der Waals surface area (Å²) in [5.41, 5.74) is 0. The standard InChI is InChI=1S/C22H37N3O6S/c1-12(2)19-16(26)11-18(28)31-15(8-6-7-9-32)10-17(27)24-20(13(3)4)22(30)23-14(5)21(29)25-19/h6,8,12-16,19-20,26,32H,7,9-11H2,1-5H3,(H,23,30)(H,24,27)(H,25,29)/t14-,15-,16+,19-,20-/m1/s1. The van der Waals surface area contributed by atoms with E-state index < -0.39 is 54.0 Å². The maximum absolute atomic E-state index is 12.8. The van der Waals surface area contributed by atoms with Gasteiger partial charge >= 0.3 is 5.97 Å². The van der Waals surface area contributed by atoms with Crippen molar-refractivity contribution in [3.63, 3.8) is 0 Å². The zero-order valence-corrected chi connectivity index (χ0v) is 20.4. The maximum Gasteiger partial charge on any atom is 0.309 e. The van der Waals surface area contributed by atoms with Crippen molar-refractivity contribution in [3.8, 4) is 0 Å². The topological polar surface area (TPSA) is 134 Å². The second-order valence-electron chi connectivity index (χ2n) is 8.74. The number of hydrogen-bond donors (Lipinski definition) is 5. The number of thiol groups is 1. The molecule has 0 aromatic heterocycles. The van der Waals surface area contributed by atoms with Gasteiger partial charge in [-0.3, -0.25) is 19.2 Å². The molecule has 0 aliphatic carbocycles. The Bertz CT molecular complexity index is 697. The molecular weight excluding hydrogens is 434 g/mol. The van der Waals surface area contributed by atoms with E-state index in [2.05, 4.69) is 28.6 Å². The molecule has 0 spiro atoms. The number of cyclic esters (lactones) is 1. The van der Waals surface area contributed by atoms with Crippen LogP contribution in [0.5, 0.6) is 0 Å². The number of nitrogens with one attached hydrogen (secondary N) is 3. The van der Waals surface area contributed by atoms with Crippen LogP contribution in [0.2, 0.25) is 0 Å². The summed E-state index contributed by atoms with van der Waals surface area (Å²) in [6.07, 6.45) is 1.40. The molecule has 0 aromatic carbocycles. The monoisotopic (exact) mass is 471 g/mol. The molecule has 0 unspecified atom stereocenters. The molecular formula is C22H37N3O6S. The van der Waals surface area contributed by atoms with Crippen LogP contribution in [0.1, 0.15) is 53.9 Å². The van der Waals surface area contributed by atoms with Gasteiger partial charge in [0.05, 0.1) is 25.0 Å². The predicted molar refractivity (Wildman–Crippen MR) is 124 cm³/mol. The Hall–Kier alpha value is -2.07. The number of aliphatic hydroxyl groups is 1. The highest BCUT2D eigenvalue weighted by Gasteiger charge is 2.32. The number of rotatable bonds is 5. The number of allylic oxidation sites excluding steroid dienone is 1. The Labute approximate surface area is 195 Å². The Morgan fingerprint density at radius 2 is 1.69 bits per heavy atom. The minimum Gasteiger partial charge on any atom is -0.457 e. The molecule has 9 nitrogen and oxygen atoms in total. The summed E-state index contributed by atoms with van der Waals surface area (Å²) in [5.74, 6) is -1.99. The second-order valence-corrected chi connectivity index (χ2v) is 9.19. The van der Waals surface area contributed by atoms with E-state index in [1.807, 2.05) is 0 Å². The van der Waals surface area contributed by atoms with Gasteiger partial charge in [0.25, 0.3) is 0 Å². The van der Waals surface area contributed by atoms with Gasteiger partial charge in [0, 0.05) is 0 Å². The van der Waals surface area contributed by atoms with E-state index >= 15 is 0 Å². The number of carbonyl (C=O) groups excluding carboxylic acids is 4. The normalized spacial score (nSPS) is 29.2. The highest BCUT2D eigenvalue weighted by atomic mass is 32.1. The number of aliphatic hydroxyl groups excluding tert-OH is 1. The lowest BCUT2D eigenvalue weighted by Gasteiger charge is -2.29. The quantitative estimate of drug-likeness (QED) is 0.228. The van der Waals surface area contributed by atoms with Crippen LogP contribution in [0.4, 0.5) is 0 Å². The third kappa shape index (κ3) is 9.20. The van der Waals surface area contributed by atoms with Crippen LogP contribution in [-0.2, 0) is 23.9 Å². The Morgan fingerprint density at radius 3 is 2.25 bits per heavy atom. The van der Waals surface area contributed by atoms with Gasteiger partial charge in [0.15, 0.2) is 0 Å². The Kier molecular flexibility index (Phi) is 11.8. The highest BCUT2D eigenvalue weighted by molar-refractivity contribution is 7.80. The Morgan fingerprint density at radius 1 is 1.03 bits per heavy atom.